The number of carbonyl (C=O) groups is 2. The molecule has 0 aliphatic heterocycles. The van der Waals surface area contributed by atoms with Gasteiger partial charge in [-0.15, -0.1) is 0 Å². The van der Waals surface area contributed by atoms with Gasteiger partial charge in [0.1, 0.15) is 5.76 Å². The van der Waals surface area contributed by atoms with E-state index in [2.05, 4.69) is 5.32 Å². The Balaban J connectivity index is 1.53. The SMILES string of the molecule is O=C(COC(=O)c1c2c(nc3ccccc13)/C(=C/c1ccco1)CCC2)NC1CC1. The molecule has 3 aromatic rings. The molecule has 1 N–H and O–H groups in total. The molecule has 0 saturated heterocycles. The summed E-state index contributed by atoms with van der Waals surface area (Å²) in [5.74, 6) is 0.0280. The van der Waals surface area contributed by atoms with E-state index in [0.717, 1.165) is 65.6 Å². The highest BCUT2D eigenvalue weighted by Crippen LogP contribution is 2.36. The largest absolute Gasteiger partial charge is 0.465 e. The number of aromatic nitrogens is 1. The first kappa shape index (κ1) is 18.6. The lowest BCUT2D eigenvalue weighted by molar-refractivity contribution is -0.124. The lowest BCUT2D eigenvalue weighted by Crippen LogP contribution is -2.30. The van der Waals surface area contributed by atoms with E-state index in [4.69, 9.17) is 14.1 Å². The molecule has 0 bridgehead atoms. The summed E-state index contributed by atoms with van der Waals surface area (Å²) >= 11 is 0. The van der Waals surface area contributed by atoms with Crippen molar-refractivity contribution < 1.29 is 18.7 Å². The number of benzene rings is 1. The molecule has 0 atom stereocenters. The molecule has 0 spiro atoms. The summed E-state index contributed by atoms with van der Waals surface area (Å²) < 4.78 is 10.9. The number of allylic oxidation sites excluding steroid dienone is 1. The van der Waals surface area contributed by atoms with Crippen LogP contribution in [0.1, 0.15) is 53.1 Å². The molecule has 2 aliphatic rings. The van der Waals surface area contributed by atoms with Crippen molar-refractivity contribution in [2.24, 2.45) is 0 Å². The highest BCUT2D eigenvalue weighted by atomic mass is 16.5. The summed E-state index contributed by atoms with van der Waals surface area (Å²) in [6.45, 7) is -0.268. The molecule has 1 aromatic carbocycles. The van der Waals surface area contributed by atoms with Crippen molar-refractivity contribution in [2.45, 2.75) is 38.1 Å². The number of para-hydroxylation sites is 1. The molecule has 6 heteroatoms. The van der Waals surface area contributed by atoms with Gasteiger partial charge in [-0.3, -0.25) is 4.79 Å². The van der Waals surface area contributed by atoms with Crippen molar-refractivity contribution in [1.29, 1.82) is 0 Å². The smallest absolute Gasteiger partial charge is 0.339 e. The van der Waals surface area contributed by atoms with E-state index in [-0.39, 0.29) is 18.6 Å². The number of nitrogens with one attached hydrogen (secondary N) is 1. The Morgan fingerprint density at radius 1 is 1.17 bits per heavy atom. The lowest BCUT2D eigenvalue weighted by atomic mass is 9.86. The van der Waals surface area contributed by atoms with E-state index in [1.54, 1.807) is 6.26 Å². The first-order valence-corrected chi connectivity index (χ1v) is 10.3. The molecule has 2 aliphatic carbocycles. The zero-order chi connectivity index (χ0) is 20.5. The summed E-state index contributed by atoms with van der Waals surface area (Å²) in [7, 11) is 0. The zero-order valence-corrected chi connectivity index (χ0v) is 16.5. The lowest BCUT2D eigenvalue weighted by Gasteiger charge is -2.22. The Morgan fingerprint density at radius 2 is 2.03 bits per heavy atom. The first-order chi connectivity index (χ1) is 14.7. The number of amides is 1. The molecule has 2 heterocycles. The number of furan rings is 1. The van der Waals surface area contributed by atoms with Crippen LogP contribution in [0, 0.1) is 0 Å². The van der Waals surface area contributed by atoms with Crippen molar-refractivity contribution in [1.82, 2.24) is 10.3 Å². The maximum absolute atomic E-state index is 13.1. The molecule has 2 aromatic heterocycles. The van der Waals surface area contributed by atoms with Gasteiger partial charge in [-0.05, 0) is 67.5 Å². The third-order valence-electron chi connectivity index (χ3n) is 5.51. The van der Waals surface area contributed by atoms with Gasteiger partial charge in [0.25, 0.3) is 5.91 Å². The van der Waals surface area contributed by atoms with Gasteiger partial charge < -0.3 is 14.5 Å². The third-order valence-corrected chi connectivity index (χ3v) is 5.51. The molecule has 0 unspecified atom stereocenters. The number of esters is 1. The average molecular weight is 402 g/mol. The van der Waals surface area contributed by atoms with Gasteiger partial charge in [-0.1, -0.05) is 18.2 Å². The van der Waals surface area contributed by atoms with Crippen LogP contribution in [-0.2, 0) is 16.0 Å². The van der Waals surface area contributed by atoms with Gasteiger partial charge >= 0.3 is 5.97 Å². The minimum atomic E-state index is -0.477. The Kier molecular flexibility index (Phi) is 4.83. The van der Waals surface area contributed by atoms with Crippen LogP contribution in [0.2, 0.25) is 0 Å². The number of hydrogen-bond acceptors (Lipinski definition) is 5. The first-order valence-electron chi connectivity index (χ1n) is 10.3. The standard InChI is InChI=1S/C24H22N2O4/c27-21(25-16-10-11-16)14-30-24(28)22-18-7-1-2-9-20(18)26-23-15(5-3-8-19(22)23)13-17-6-4-12-29-17/h1-2,4,6-7,9,12-13,16H,3,5,8,10-11,14H2,(H,25,27)/b15-13+. The van der Waals surface area contributed by atoms with E-state index in [0.29, 0.717) is 5.56 Å². The highest BCUT2D eigenvalue weighted by molar-refractivity contribution is 6.07. The molecule has 5 rings (SSSR count). The van der Waals surface area contributed by atoms with Gasteiger partial charge in [0.05, 0.1) is 23.0 Å². The minimum Gasteiger partial charge on any atom is -0.465 e. The molecule has 30 heavy (non-hydrogen) atoms. The Labute approximate surface area is 173 Å². The van der Waals surface area contributed by atoms with Crippen molar-refractivity contribution in [3.8, 4) is 0 Å². The monoisotopic (exact) mass is 402 g/mol. The second-order valence-electron chi connectivity index (χ2n) is 7.79. The number of pyridine rings is 1. The molecule has 6 nitrogen and oxygen atoms in total. The molecular weight excluding hydrogens is 380 g/mol. The van der Waals surface area contributed by atoms with E-state index >= 15 is 0 Å². The number of fused-ring (bicyclic) bond motifs is 2. The van der Waals surface area contributed by atoms with Crippen LogP contribution in [0.3, 0.4) is 0 Å². The van der Waals surface area contributed by atoms with E-state index in [1.807, 2.05) is 42.5 Å². The maximum Gasteiger partial charge on any atom is 0.339 e. The Hall–Kier alpha value is -3.41. The fourth-order valence-corrected chi connectivity index (χ4v) is 3.95. The molecule has 1 amide bonds. The van der Waals surface area contributed by atoms with Crippen LogP contribution in [0.5, 0.6) is 0 Å². The normalized spacial score (nSPS) is 17.0. The van der Waals surface area contributed by atoms with Gasteiger partial charge in [0.2, 0.25) is 0 Å². The second kappa shape index (κ2) is 7.78. The Morgan fingerprint density at radius 3 is 2.83 bits per heavy atom. The quantitative estimate of drug-likeness (QED) is 0.649. The number of rotatable bonds is 5. The number of carbonyl (C=O) groups excluding carboxylic acids is 2. The van der Waals surface area contributed by atoms with E-state index in [9.17, 15) is 9.59 Å². The van der Waals surface area contributed by atoms with Crippen molar-refractivity contribution in [3.05, 3.63) is 65.2 Å². The topological polar surface area (TPSA) is 81.4 Å². The average Bonchev–Trinajstić information content (AvgIpc) is 3.42. The van der Waals surface area contributed by atoms with Crippen molar-refractivity contribution >= 4 is 34.4 Å². The summed E-state index contributed by atoms with van der Waals surface area (Å²) in [6.07, 6.45) is 8.11. The van der Waals surface area contributed by atoms with Crippen molar-refractivity contribution in [3.63, 3.8) is 0 Å². The summed E-state index contributed by atoms with van der Waals surface area (Å²) in [5.41, 5.74) is 3.98. The molecular formula is C24H22N2O4. The fourth-order valence-electron chi connectivity index (χ4n) is 3.95. The van der Waals surface area contributed by atoms with Crippen LogP contribution in [0.4, 0.5) is 0 Å². The van der Waals surface area contributed by atoms with Crippen LogP contribution in [-0.4, -0.2) is 29.5 Å². The number of ether oxygens (including phenoxy) is 1. The number of nitrogens with zero attached hydrogens (tertiary/aromatic N) is 1. The minimum absolute atomic E-state index is 0.236. The van der Waals surface area contributed by atoms with Crippen LogP contribution in [0.15, 0.2) is 47.1 Å². The number of hydrogen-bond donors (Lipinski definition) is 1. The van der Waals surface area contributed by atoms with Gasteiger partial charge in [0.15, 0.2) is 6.61 Å². The maximum atomic E-state index is 13.1. The van der Waals surface area contributed by atoms with Gasteiger partial charge in [-0.2, -0.15) is 0 Å². The van der Waals surface area contributed by atoms with Gasteiger partial charge in [0, 0.05) is 11.4 Å². The van der Waals surface area contributed by atoms with Gasteiger partial charge in [-0.25, -0.2) is 9.78 Å². The van der Waals surface area contributed by atoms with E-state index < -0.39 is 5.97 Å². The second-order valence-corrected chi connectivity index (χ2v) is 7.79. The predicted molar refractivity (Wildman–Crippen MR) is 113 cm³/mol. The predicted octanol–water partition coefficient (Wildman–Crippen LogP) is 4.14. The summed E-state index contributed by atoms with van der Waals surface area (Å²) in [5, 5.41) is 3.60. The molecule has 152 valence electrons. The molecule has 1 saturated carbocycles. The van der Waals surface area contributed by atoms with Crippen LogP contribution in [0.25, 0.3) is 22.6 Å². The summed E-state index contributed by atoms with van der Waals surface area (Å²) in [6, 6.07) is 11.5. The molecule has 1 fully saturated rings. The van der Waals surface area contributed by atoms with E-state index in [1.165, 1.54) is 0 Å². The van der Waals surface area contributed by atoms with Crippen LogP contribution < -0.4 is 5.32 Å². The molecule has 0 radical (unpaired) electrons. The van der Waals surface area contributed by atoms with Crippen molar-refractivity contribution in [2.75, 3.05) is 6.61 Å². The summed E-state index contributed by atoms with van der Waals surface area (Å²) in [4.78, 5) is 29.9. The Bertz CT molecular complexity index is 1140. The zero-order valence-electron chi connectivity index (χ0n) is 16.5. The fraction of sp³-hybridized carbons (Fsp3) is 0.292. The van der Waals surface area contributed by atoms with Crippen LogP contribution >= 0.6 is 0 Å². The highest BCUT2D eigenvalue weighted by Gasteiger charge is 2.27. The third kappa shape index (κ3) is 3.73.